The van der Waals surface area contributed by atoms with E-state index in [-0.39, 0.29) is 17.5 Å². The third kappa shape index (κ3) is 4.75. The van der Waals surface area contributed by atoms with Crippen LogP contribution in [0.5, 0.6) is 0 Å². The van der Waals surface area contributed by atoms with Gasteiger partial charge in [-0.2, -0.15) is 0 Å². The Labute approximate surface area is 159 Å². The van der Waals surface area contributed by atoms with E-state index in [0.717, 1.165) is 45.7 Å². The third-order valence-corrected chi connectivity index (χ3v) is 6.30. The van der Waals surface area contributed by atoms with Crippen LogP contribution in [0, 0.1) is 0 Å². The summed E-state index contributed by atoms with van der Waals surface area (Å²) in [7, 11) is 0. The molecule has 0 atom stereocenters. The summed E-state index contributed by atoms with van der Waals surface area (Å²) in [5, 5.41) is 15.6. The lowest BCUT2D eigenvalue weighted by atomic mass is 9.79. The van der Waals surface area contributed by atoms with Crippen LogP contribution in [0.25, 0.3) is 0 Å². The lowest BCUT2D eigenvalue weighted by Crippen LogP contribution is -2.59. The van der Waals surface area contributed by atoms with Crippen LogP contribution in [0.15, 0.2) is 5.16 Å². The second kappa shape index (κ2) is 9.14. The van der Waals surface area contributed by atoms with E-state index in [4.69, 9.17) is 4.74 Å². The molecule has 0 aromatic carbocycles. The molecule has 1 aromatic heterocycles. The first-order chi connectivity index (χ1) is 12.6. The number of morpholine rings is 1. The Hall–Kier alpha value is -1.19. The maximum Gasteiger partial charge on any atom is 0.230 e. The van der Waals surface area contributed by atoms with Gasteiger partial charge in [0.25, 0.3) is 0 Å². The van der Waals surface area contributed by atoms with Gasteiger partial charge >= 0.3 is 0 Å². The maximum atomic E-state index is 12.4. The fraction of sp³-hybridized carbons (Fsp3) is 0.882. The van der Waals surface area contributed by atoms with Gasteiger partial charge < -0.3 is 10.1 Å². The Balaban J connectivity index is 1.53. The van der Waals surface area contributed by atoms with Gasteiger partial charge in [-0.25, -0.2) is 4.68 Å². The predicted molar refractivity (Wildman–Crippen MR) is 100 cm³/mol. The smallest absolute Gasteiger partial charge is 0.230 e. The largest absolute Gasteiger partial charge is 0.379 e. The van der Waals surface area contributed by atoms with E-state index in [1.807, 2.05) is 13.8 Å². The molecule has 26 heavy (non-hydrogen) atoms. The summed E-state index contributed by atoms with van der Waals surface area (Å²) < 4.78 is 7.26. The standard InChI is InChI=1S/C17H30N6O2S/c1-14(2)23-16(19-20-21-23)26-12-15(24)18-13-17(6-4-3-5-7-17)22-8-10-25-11-9-22/h14H,3-13H2,1-2H3,(H,18,24). The van der Waals surface area contributed by atoms with Crippen LogP contribution < -0.4 is 5.32 Å². The van der Waals surface area contributed by atoms with Crippen LogP contribution in [-0.2, 0) is 9.53 Å². The summed E-state index contributed by atoms with van der Waals surface area (Å²) in [5.41, 5.74) is 0.0991. The van der Waals surface area contributed by atoms with Gasteiger partial charge in [0.2, 0.25) is 11.1 Å². The average molecular weight is 383 g/mol. The van der Waals surface area contributed by atoms with E-state index in [1.54, 1.807) is 4.68 Å². The van der Waals surface area contributed by atoms with Crippen LogP contribution in [-0.4, -0.2) is 75.2 Å². The summed E-state index contributed by atoms with van der Waals surface area (Å²) >= 11 is 1.39. The molecular weight excluding hydrogens is 352 g/mol. The number of carbonyl (C=O) groups is 1. The average Bonchev–Trinajstić information content (AvgIpc) is 3.15. The summed E-state index contributed by atoms with van der Waals surface area (Å²) in [6.07, 6.45) is 6.10. The first kappa shape index (κ1) is 19.6. The number of hydrogen-bond donors (Lipinski definition) is 1. The molecule has 3 rings (SSSR count). The molecule has 9 heteroatoms. The molecule has 0 spiro atoms. The van der Waals surface area contributed by atoms with Gasteiger partial charge in [0.1, 0.15) is 0 Å². The van der Waals surface area contributed by atoms with Crippen LogP contribution >= 0.6 is 11.8 Å². The van der Waals surface area contributed by atoms with Gasteiger partial charge in [-0.3, -0.25) is 9.69 Å². The first-order valence-corrected chi connectivity index (χ1v) is 10.6. The Morgan fingerprint density at radius 1 is 1.27 bits per heavy atom. The van der Waals surface area contributed by atoms with Crippen molar-refractivity contribution in [1.82, 2.24) is 30.4 Å². The minimum Gasteiger partial charge on any atom is -0.379 e. The molecule has 2 heterocycles. The van der Waals surface area contributed by atoms with E-state index < -0.39 is 0 Å². The number of tetrazole rings is 1. The number of nitrogens with one attached hydrogen (secondary N) is 1. The Bertz CT molecular complexity index is 582. The summed E-state index contributed by atoms with van der Waals surface area (Å²) in [6, 6.07) is 0.183. The molecule has 1 saturated carbocycles. The van der Waals surface area contributed by atoms with E-state index in [1.165, 1.54) is 31.0 Å². The van der Waals surface area contributed by atoms with Crippen molar-refractivity contribution in [2.24, 2.45) is 0 Å². The molecular formula is C17H30N6O2S. The number of nitrogens with zero attached hydrogens (tertiary/aromatic N) is 5. The van der Waals surface area contributed by atoms with Crippen molar-refractivity contribution >= 4 is 17.7 Å². The first-order valence-electron chi connectivity index (χ1n) is 9.61. The molecule has 8 nitrogen and oxygen atoms in total. The van der Waals surface area contributed by atoms with Gasteiger partial charge in [-0.1, -0.05) is 31.0 Å². The number of rotatable bonds is 7. The maximum absolute atomic E-state index is 12.4. The SMILES string of the molecule is CC(C)n1nnnc1SCC(=O)NCC1(N2CCOCC2)CCCCC1. The van der Waals surface area contributed by atoms with Crippen LogP contribution in [0.1, 0.15) is 52.0 Å². The molecule has 1 N–H and O–H groups in total. The van der Waals surface area contributed by atoms with Crippen LogP contribution in [0.4, 0.5) is 0 Å². The van der Waals surface area contributed by atoms with Crippen LogP contribution in [0.3, 0.4) is 0 Å². The molecule has 2 aliphatic rings. The van der Waals surface area contributed by atoms with Gasteiger partial charge in [0.15, 0.2) is 0 Å². The van der Waals surface area contributed by atoms with Gasteiger partial charge in [0.05, 0.1) is 25.0 Å². The van der Waals surface area contributed by atoms with Crippen molar-refractivity contribution in [2.75, 3.05) is 38.6 Å². The molecule has 1 saturated heterocycles. The zero-order valence-corrected chi connectivity index (χ0v) is 16.6. The molecule has 0 radical (unpaired) electrons. The highest BCUT2D eigenvalue weighted by Crippen LogP contribution is 2.34. The highest BCUT2D eigenvalue weighted by atomic mass is 32.2. The van der Waals surface area contributed by atoms with Gasteiger partial charge in [-0.05, 0) is 37.1 Å². The number of hydrogen-bond acceptors (Lipinski definition) is 7. The molecule has 1 aliphatic carbocycles. The second-order valence-corrected chi connectivity index (χ2v) is 8.39. The lowest BCUT2D eigenvalue weighted by Gasteiger charge is -2.48. The van der Waals surface area contributed by atoms with E-state index in [0.29, 0.717) is 10.9 Å². The Kier molecular flexibility index (Phi) is 6.88. The molecule has 1 aromatic rings. The van der Waals surface area contributed by atoms with E-state index >= 15 is 0 Å². The Morgan fingerprint density at radius 2 is 2.00 bits per heavy atom. The number of ether oxygens (including phenoxy) is 1. The minimum atomic E-state index is 0.0477. The summed E-state index contributed by atoms with van der Waals surface area (Å²) in [5.74, 6) is 0.387. The van der Waals surface area contributed by atoms with Gasteiger partial charge in [-0.15, -0.1) is 5.10 Å². The topological polar surface area (TPSA) is 85.2 Å². The van der Waals surface area contributed by atoms with Crippen molar-refractivity contribution in [2.45, 2.75) is 62.7 Å². The number of thioether (sulfide) groups is 1. The molecule has 2 fully saturated rings. The number of amides is 1. The fourth-order valence-corrected chi connectivity index (χ4v) is 4.74. The third-order valence-electron chi connectivity index (χ3n) is 5.36. The highest BCUT2D eigenvalue weighted by molar-refractivity contribution is 7.99. The monoisotopic (exact) mass is 382 g/mol. The molecule has 1 amide bonds. The molecule has 0 unspecified atom stereocenters. The van der Waals surface area contributed by atoms with E-state index in [9.17, 15) is 4.79 Å². The summed E-state index contributed by atoms with van der Waals surface area (Å²) in [6.45, 7) is 8.29. The van der Waals surface area contributed by atoms with Crippen LogP contribution in [0.2, 0.25) is 0 Å². The van der Waals surface area contributed by atoms with Crippen molar-refractivity contribution in [3.05, 3.63) is 0 Å². The summed E-state index contributed by atoms with van der Waals surface area (Å²) in [4.78, 5) is 15.0. The Morgan fingerprint density at radius 3 is 2.69 bits per heavy atom. The quantitative estimate of drug-likeness (QED) is 0.715. The fourth-order valence-electron chi connectivity index (χ4n) is 3.90. The number of aromatic nitrogens is 4. The molecule has 0 bridgehead atoms. The zero-order valence-electron chi connectivity index (χ0n) is 15.8. The van der Waals surface area contributed by atoms with Crippen molar-refractivity contribution in [1.29, 1.82) is 0 Å². The van der Waals surface area contributed by atoms with E-state index in [2.05, 4.69) is 25.7 Å². The number of carbonyl (C=O) groups excluding carboxylic acids is 1. The van der Waals surface area contributed by atoms with Crippen molar-refractivity contribution in [3.63, 3.8) is 0 Å². The molecule has 1 aliphatic heterocycles. The predicted octanol–water partition coefficient (Wildman–Crippen LogP) is 1.50. The minimum absolute atomic E-state index is 0.0477. The second-order valence-electron chi connectivity index (χ2n) is 7.45. The molecule has 146 valence electrons. The zero-order chi connectivity index (χ0) is 18.4. The normalized spacial score (nSPS) is 21.0. The van der Waals surface area contributed by atoms with Crippen molar-refractivity contribution in [3.8, 4) is 0 Å². The van der Waals surface area contributed by atoms with Gasteiger partial charge in [0, 0.05) is 25.2 Å². The highest BCUT2D eigenvalue weighted by Gasteiger charge is 2.38. The van der Waals surface area contributed by atoms with Crippen molar-refractivity contribution < 1.29 is 9.53 Å². The lowest BCUT2D eigenvalue weighted by molar-refractivity contribution is -0.119.